The van der Waals surface area contributed by atoms with Gasteiger partial charge in [-0.2, -0.15) is 0 Å². The summed E-state index contributed by atoms with van der Waals surface area (Å²) in [5, 5.41) is 10.4. The molecule has 4 aromatic rings. The molecule has 0 aliphatic carbocycles. The molecule has 1 heterocycles. The number of thiocarbonyl (C=S) groups is 1. The summed E-state index contributed by atoms with van der Waals surface area (Å²) in [7, 11) is 0. The number of nitrogens with one attached hydrogen (secondary N) is 3. The summed E-state index contributed by atoms with van der Waals surface area (Å²) in [6.07, 6.45) is 0. The molecule has 4 rings (SSSR count). The molecule has 0 atom stereocenters. The monoisotopic (exact) mass is 518 g/mol. The van der Waals surface area contributed by atoms with E-state index in [0.29, 0.717) is 10.2 Å². The minimum atomic E-state index is -0.0888. The maximum absolute atomic E-state index is 12.6. The summed E-state index contributed by atoms with van der Waals surface area (Å²) in [6, 6.07) is 24.1. The Morgan fingerprint density at radius 2 is 1.54 bits per heavy atom. The van der Waals surface area contributed by atoms with E-state index in [-0.39, 0.29) is 11.7 Å². The molecule has 3 N–H and O–H groups in total. The van der Waals surface area contributed by atoms with Gasteiger partial charge in [-0.15, -0.1) is 23.1 Å². The highest BCUT2D eigenvalue weighted by atomic mass is 32.2. The number of nitrogens with zero attached hydrogens (tertiary/aromatic N) is 1. The second-order valence-corrected chi connectivity index (χ2v) is 10.8. The average molecular weight is 519 g/mol. The van der Waals surface area contributed by atoms with E-state index in [4.69, 9.17) is 12.2 Å². The highest BCUT2D eigenvalue weighted by molar-refractivity contribution is 8.00. The number of amides is 1. The molecule has 0 aliphatic rings. The number of benzene rings is 3. The van der Waals surface area contributed by atoms with E-state index in [2.05, 4.69) is 52.1 Å². The highest BCUT2D eigenvalue weighted by Gasteiger charge is 2.12. The van der Waals surface area contributed by atoms with Crippen LogP contribution in [0, 0.1) is 20.8 Å². The smallest absolute Gasteiger partial charge is 0.236 e. The van der Waals surface area contributed by atoms with Gasteiger partial charge in [0.05, 0.1) is 11.4 Å². The number of anilines is 3. The molecule has 1 aromatic heterocycles. The van der Waals surface area contributed by atoms with Crippen LogP contribution in [0.25, 0.3) is 11.3 Å². The fraction of sp³-hybridized carbons (Fsp3) is 0.148. The summed E-state index contributed by atoms with van der Waals surface area (Å²) in [5.41, 5.74) is 6.15. The fourth-order valence-corrected chi connectivity index (χ4v) is 5.17. The van der Waals surface area contributed by atoms with Crippen LogP contribution in [-0.4, -0.2) is 21.8 Å². The van der Waals surface area contributed by atoms with E-state index < -0.39 is 0 Å². The van der Waals surface area contributed by atoms with Crippen molar-refractivity contribution in [3.63, 3.8) is 0 Å². The van der Waals surface area contributed by atoms with Gasteiger partial charge in [0.1, 0.15) is 0 Å². The molecule has 0 radical (unpaired) electrons. The average Bonchev–Trinajstić information content (AvgIpc) is 3.19. The summed E-state index contributed by atoms with van der Waals surface area (Å²) < 4.78 is 0. The van der Waals surface area contributed by atoms with E-state index in [1.807, 2.05) is 62.4 Å². The van der Waals surface area contributed by atoms with Gasteiger partial charge in [-0.25, -0.2) is 4.98 Å². The number of carbonyl (C=O) groups is 1. The van der Waals surface area contributed by atoms with Crippen molar-refractivity contribution in [2.24, 2.45) is 0 Å². The predicted molar refractivity (Wildman–Crippen MR) is 154 cm³/mol. The standard InChI is InChI=1S/C27H26N4OS3/c1-17-7-11-20(12-8-17)25-19(3)35-27(31-25)30-24(32)16-34-23-6-4-5-22(15-23)29-26(33)28-21-13-9-18(2)10-14-21/h4-15H,16H2,1-3H3,(H2,28,29,33)(H,30,31,32). The molecule has 0 fully saturated rings. The third-order valence-corrected chi connectivity index (χ3v) is 7.22. The van der Waals surface area contributed by atoms with Gasteiger partial charge in [-0.05, 0) is 63.3 Å². The van der Waals surface area contributed by atoms with Crippen molar-refractivity contribution < 1.29 is 4.79 Å². The van der Waals surface area contributed by atoms with Crippen LogP contribution in [0.3, 0.4) is 0 Å². The first-order valence-electron chi connectivity index (χ1n) is 11.1. The lowest BCUT2D eigenvalue weighted by Gasteiger charge is -2.11. The number of hydrogen-bond acceptors (Lipinski definition) is 5. The van der Waals surface area contributed by atoms with Gasteiger partial charge in [0.25, 0.3) is 0 Å². The SMILES string of the molecule is Cc1ccc(NC(=S)Nc2cccc(SCC(=O)Nc3nc(-c4ccc(C)cc4)c(C)s3)c2)cc1. The fourth-order valence-electron chi connectivity index (χ4n) is 3.33. The van der Waals surface area contributed by atoms with Crippen molar-refractivity contribution in [1.82, 2.24) is 4.98 Å². The molecule has 0 saturated carbocycles. The Morgan fingerprint density at radius 1 is 0.886 bits per heavy atom. The maximum atomic E-state index is 12.6. The number of thioether (sulfide) groups is 1. The lowest BCUT2D eigenvalue weighted by molar-refractivity contribution is -0.113. The van der Waals surface area contributed by atoms with Crippen molar-refractivity contribution in [2.75, 3.05) is 21.7 Å². The first-order chi connectivity index (χ1) is 16.9. The molecular weight excluding hydrogens is 493 g/mol. The lowest BCUT2D eigenvalue weighted by atomic mass is 10.1. The summed E-state index contributed by atoms with van der Waals surface area (Å²) in [4.78, 5) is 19.2. The Kier molecular flexibility index (Phi) is 8.17. The number of rotatable bonds is 7. The van der Waals surface area contributed by atoms with Crippen molar-refractivity contribution >= 4 is 62.8 Å². The van der Waals surface area contributed by atoms with Gasteiger partial charge in [0.15, 0.2) is 10.2 Å². The van der Waals surface area contributed by atoms with Gasteiger partial charge in [-0.1, -0.05) is 53.6 Å². The minimum Gasteiger partial charge on any atom is -0.332 e. The predicted octanol–water partition coefficient (Wildman–Crippen LogP) is 7.28. The van der Waals surface area contributed by atoms with Gasteiger partial charge >= 0.3 is 0 Å². The van der Waals surface area contributed by atoms with Crippen LogP contribution in [0.4, 0.5) is 16.5 Å². The number of thiazole rings is 1. The van der Waals surface area contributed by atoms with E-state index >= 15 is 0 Å². The molecule has 0 saturated heterocycles. The third kappa shape index (κ3) is 7.14. The molecule has 0 bridgehead atoms. The summed E-state index contributed by atoms with van der Waals surface area (Å²) in [5.74, 6) is 0.197. The Balaban J connectivity index is 1.30. The van der Waals surface area contributed by atoms with Gasteiger partial charge in [-0.3, -0.25) is 4.79 Å². The number of aryl methyl sites for hydroxylation is 3. The molecule has 0 unspecified atom stereocenters. The molecule has 8 heteroatoms. The lowest BCUT2D eigenvalue weighted by Crippen LogP contribution is -2.19. The van der Waals surface area contributed by atoms with Gasteiger partial charge in [0.2, 0.25) is 5.91 Å². The third-order valence-electron chi connectivity index (χ3n) is 5.14. The molecule has 178 valence electrons. The van der Waals surface area contributed by atoms with Crippen molar-refractivity contribution in [2.45, 2.75) is 25.7 Å². The zero-order valence-electron chi connectivity index (χ0n) is 19.7. The van der Waals surface area contributed by atoms with Crippen molar-refractivity contribution in [3.8, 4) is 11.3 Å². The largest absolute Gasteiger partial charge is 0.332 e. The quantitative estimate of drug-likeness (QED) is 0.177. The molecule has 1 amide bonds. The molecule has 3 aromatic carbocycles. The van der Waals surface area contributed by atoms with Gasteiger partial charge in [0, 0.05) is 26.7 Å². The second-order valence-electron chi connectivity index (χ2n) is 8.10. The molecule has 0 spiro atoms. The van der Waals surface area contributed by atoms with Crippen LogP contribution in [-0.2, 0) is 4.79 Å². The first kappa shape index (κ1) is 24.9. The van der Waals surface area contributed by atoms with Crippen LogP contribution in [0.15, 0.2) is 77.7 Å². The zero-order valence-corrected chi connectivity index (χ0v) is 22.2. The van der Waals surface area contributed by atoms with E-state index in [1.165, 1.54) is 34.2 Å². The minimum absolute atomic E-state index is 0.0888. The zero-order chi connectivity index (χ0) is 24.8. The van der Waals surface area contributed by atoms with Gasteiger partial charge < -0.3 is 16.0 Å². The van der Waals surface area contributed by atoms with E-state index in [1.54, 1.807) is 0 Å². The van der Waals surface area contributed by atoms with Crippen LogP contribution in [0.5, 0.6) is 0 Å². The normalized spacial score (nSPS) is 10.6. The molecule has 35 heavy (non-hydrogen) atoms. The van der Waals surface area contributed by atoms with E-state index in [0.717, 1.165) is 32.4 Å². The molecule has 5 nitrogen and oxygen atoms in total. The van der Waals surface area contributed by atoms with Crippen LogP contribution in [0.1, 0.15) is 16.0 Å². The number of hydrogen-bond donors (Lipinski definition) is 3. The van der Waals surface area contributed by atoms with Crippen molar-refractivity contribution in [1.29, 1.82) is 0 Å². The van der Waals surface area contributed by atoms with Crippen LogP contribution < -0.4 is 16.0 Å². The summed E-state index contributed by atoms with van der Waals surface area (Å²) in [6.45, 7) is 6.13. The topological polar surface area (TPSA) is 66.0 Å². The Hall–Kier alpha value is -3.20. The molecular formula is C27H26N4OS3. The van der Waals surface area contributed by atoms with Crippen molar-refractivity contribution in [3.05, 3.63) is 88.8 Å². The Bertz CT molecular complexity index is 1330. The highest BCUT2D eigenvalue weighted by Crippen LogP contribution is 2.31. The summed E-state index contributed by atoms with van der Waals surface area (Å²) >= 11 is 8.38. The van der Waals surface area contributed by atoms with Crippen LogP contribution in [0.2, 0.25) is 0 Å². The Morgan fingerprint density at radius 3 is 2.26 bits per heavy atom. The number of aromatic nitrogens is 1. The Labute approximate surface area is 219 Å². The first-order valence-corrected chi connectivity index (χ1v) is 13.3. The molecule has 0 aliphatic heterocycles. The maximum Gasteiger partial charge on any atom is 0.236 e. The number of carbonyl (C=O) groups excluding carboxylic acids is 1. The second kappa shape index (κ2) is 11.5. The van der Waals surface area contributed by atoms with Crippen LogP contribution >= 0.6 is 35.3 Å². The van der Waals surface area contributed by atoms with E-state index in [9.17, 15) is 4.79 Å².